The summed E-state index contributed by atoms with van der Waals surface area (Å²) in [5.41, 5.74) is 1.01. The minimum atomic E-state index is 0.630. The molecule has 88 valence electrons. The third-order valence-corrected chi connectivity index (χ3v) is 1.99. The highest BCUT2D eigenvalue weighted by molar-refractivity contribution is 5.55. The summed E-state index contributed by atoms with van der Waals surface area (Å²) in [4.78, 5) is 0. The summed E-state index contributed by atoms with van der Waals surface area (Å²) >= 11 is 0. The second kappa shape index (κ2) is 6.77. The number of benzene rings is 1. The van der Waals surface area contributed by atoms with E-state index in [0.29, 0.717) is 13.2 Å². The molecule has 0 saturated carbocycles. The molecule has 0 aliphatic carbocycles. The molecule has 3 heteroatoms. The predicted molar refractivity (Wildman–Crippen MR) is 67.5 cm³/mol. The molecule has 0 radical (unpaired) electrons. The van der Waals surface area contributed by atoms with E-state index in [2.05, 4.69) is 11.9 Å². The van der Waals surface area contributed by atoms with Crippen LogP contribution in [0.15, 0.2) is 30.9 Å². The molecule has 0 bridgehead atoms. The van der Waals surface area contributed by atoms with Crippen LogP contribution in [-0.2, 0) is 0 Å². The number of nitrogens with one attached hydrogen (secondary N) is 1. The van der Waals surface area contributed by atoms with Gasteiger partial charge in [0.05, 0.1) is 13.2 Å². The highest BCUT2D eigenvalue weighted by Crippen LogP contribution is 2.30. The molecular weight excluding hydrogens is 202 g/mol. The van der Waals surface area contributed by atoms with Gasteiger partial charge in [0.2, 0.25) is 0 Å². The van der Waals surface area contributed by atoms with Gasteiger partial charge in [0.25, 0.3) is 0 Å². The maximum Gasteiger partial charge on any atom is 0.163 e. The van der Waals surface area contributed by atoms with E-state index in [-0.39, 0.29) is 0 Å². The van der Waals surface area contributed by atoms with Gasteiger partial charge >= 0.3 is 0 Å². The molecular formula is C13H19NO2. The van der Waals surface area contributed by atoms with Gasteiger partial charge in [-0.2, -0.15) is 0 Å². The third-order valence-electron chi connectivity index (χ3n) is 1.99. The predicted octanol–water partition coefficient (Wildman–Crippen LogP) is 3.08. The Morgan fingerprint density at radius 3 is 2.50 bits per heavy atom. The standard InChI is InChI=1S/C13H19NO2/c1-4-9-14-11-7-8-12(15-5-2)13(10-11)16-6-3/h4,7-8,10,14H,1,5-6,9H2,2-3H3. The van der Waals surface area contributed by atoms with Crippen molar-refractivity contribution in [2.45, 2.75) is 13.8 Å². The summed E-state index contributed by atoms with van der Waals surface area (Å²) in [7, 11) is 0. The van der Waals surface area contributed by atoms with E-state index >= 15 is 0 Å². The normalized spacial score (nSPS) is 9.62. The van der Waals surface area contributed by atoms with Crippen LogP contribution in [0.1, 0.15) is 13.8 Å². The lowest BCUT2D eigenvalue weighted by Crippen LogP contribution is -2.01. The topological polar surface area (TPSA) is 30.5 Å². The Kier molecular flexibility index (Phi) is 5.26. The largest absolute Gasteiger partial charge is 0.490 e. The van der Waals surface area contributed by atoms with Gasteiger partial charge in [-0.05, 0) is 26.0 Å². The van der Waals surface area contributed by atoms with Gasteiger partial charge in [-0.1, -0.05) is 6.08 Å². The molecule has 1 aromatic rings. The van der Waals surface area contributed by atoms with Crippen LogP contribution in [-0.4, -0.2) is 19.8 Å². The minimum absolute atomic E-state index is 0.630. The molecule has 1 rings (SSSR count). The lowest BCUT2D eigenvalue weighted by Gasteiger charge is -2.12. The average molecular weight is 221 g/mol. The van der Waals surface area contributed by atoms with Crippen LogP contribution >= 0.6 is 0 Å². The monoisotopic (exact) mass is 221 g/mol. The zero-order chi connectivity index (χ0) is 11.8. The molecule has 0 fully saturated rings. The highest BCUT2D eigenvalue weighted by Gasteiger charge is 2.05. The van der Waals surface area contributed by atoms with E-state index in [1.807, 2.05) is 38.1 Å². The molecule has 0 heterocycles. The fourth-order valence-corrected chi connectivity index (χ4v) is 1.35. The Bertz CT molecular complexity index is 337. The number of hydrogen-bond donors (Lipinski definition) is 1. The highest BCUT2D eigenvalue weighted by atomic mass is 16.5. The summed E-state index contributed by atoms with van der Waals surface area (Å²) in [5, 5.41) is 3.21. The van der Waals surface area contributed by atoms with Gasteiger partial charge in [-0.25, -0.2) is 0 Å². The number of anilines is 1. The van der Waals surface area contributed by atoms with Crippen molar-refractivity contribution in [1.82, 2.24) is 0 Å². The van der Waals surface area contributed by atoms with Gasteiger partial charge in [0.15, 0.2) is 11.5 Å². The molecule has 0 saturated heterocycles. The summed E-state index contributed by atoms with van der Waals surface area (Å²) < 4.78 is 11.0. The van der Waals surface area contributed by atoms with Crippen LogP contribution in [0.25, 0.3) is 0 Å². The second-order valence-corrected chi connectivity index (χ2v) is 3.20. The molecule has 3 nitrogen and oxygen atoms in total. The first-order valence-corrected chi connectivity index (χ1v) is 5.56. The number of hydrogen-bond acceptors (Lipinski definition) is 3. The van der Waals surface area contributed by atoms with Crippen LogP contribution in [0.2, 0.25) is 0 Å². The van der Waals surface area contributed by atoms with Gasteiger partial charge in [-0.3, -0.25) is 0 Å². The van der Waals surface area contributed by atoms with E-state index in [1.165, 1.54) is 0 Å². The average Bonchev–Trinajstić information content (AvgIpc) is 2.30. The summed E-state index contributed by atoms with van der Waals surface area (Å²) in [5.74, 6) is 1.56. The fraction of sp³-hybridized carbons (Fsp3) is 0.385. The van der Waals surface area contributed by atoms with Crippen molar-refractivity contribution < 1.29 is 9.47 Å². The summed E-state index contributed by atoms with van der Waals surface area (Å²) in [6.07, 6.45) is 1.82. The second-order valence-electron chi connectivity index (χ2n) is 3.20. The van der Waals surface area contributed by atoms with Crippen molar-refractivity contribution in [3.8, 4) is 11.5 Å². The van der Waals surface area contributed by atoms with E-state index in [4.69, 9.17) is 9.47 Å². The Hall–Kier alpha value is -1.64. The van der Waals surface area contributed by atoms with Gasteiger partial charge in [-0.15, -0.1) is 6.58 Å². The molecule has 1 N–H and O–H groups in total. The molecule has 0 aromatic heterocycles. The van der Waals surface area contributed by atoms with Crippen LogP contribution in [0.4, 0.5) is 5.69 Å². The first kappa shape index (κ1) is 12.4. The van der Waals surface area contributed by atoms with Crippen molar-refractivity contribution in [2.75, 3.05) is 25.1 Å². The molecule has 0 spiro atoms. The van der Waals surface area contributed by atoms with Crippen LogP contribution in [0, 0.1) is 0 Å². The Morgan fingerprint density at radius 1 is 1.19 bits per heavy atom. The maximum absolute atomic E-state index is 5.52. The third kappa shape index (κ3) is 3.50. The van der Waals surface area contributed by atoms with Crippen molar-refractivity contribution in [2.24, 2.45) is 0 Å². The molecule has 0 aliphatic rings. The van der Waals surface area contributed by atoms with E-state index in [0.717, 1.165) is 23.7 Å². The lowest BCUT2D eigenvalue weighted by molar-refractivity contribution is 0.288. The van der Waals surface area contributed by atoms with E-state index in [9.17, 15) is 0 Å². The molecule has 1 aromatic carbocycles. The Balaban J connectivity index is 2.83. The first-order valence-electron chi connectivity index (χ1n) is 5.56. The van der Waals surface area contributed by atoms with E-state index in [1.54, 1.807) is 0 Å². The van der Waals surface area contributed by atoms with Crippen molar-refractivity contribution in [1.29, 1.82) is 0 Å². The van der Waals surface area contributed by atoms with E-state index < -0.39 is 0 Å². The first-order chi connectivity index (χ1) is 7.81. The van der Waals surface area contributed by atoms with Crippen molar-refractivity contribution in [3.63, 3.8) is 0 Å². The summed E-state index contributed by atoms with van der Waals surface area (Å²) in [6.45, 7) is 9.58. The quantitative estimate of drug-likeness (QED) is 0.718. The van der Waals surface area contributed by atoms with Gasteiger partial charge < -0.3 is 14.8 Å². The zero-order valence-corrected chi connectivity index (χ0v) is 9.95. The SMILES string of the molecule is C=CCNc1ccc(OCC)c(OCC)c1. The number of rotatable bonds is 7. The smallest absolute Gasteiger partial charge is 0.163 e. The molecule has 16 heavy (non-hydrogen) atoms. The van der Waals surface area contributed by atoms with Crippen LogP contribution in [0.3, 0.4) is 0 Å². The zero-order valence-electron chi connectivity index (χ0n) is 9.95. The van der Waals surface area contributed by atoms with Gasteiger partial charge in [0, 0.05) is 18.3 Å². The van der Waals surface area contributed by atoms with Crippen molar-refractivity contribution >= 4 is 5.69 Å². The van der Waals surface area contributed by atoms with Crippen LogP contribution in [0.5, 0.6) is 11.5 Å². The van der Waals surface area contributed by atoms with Crippen molar-refractivity contribution in [3.05, 3.63) is 30.9 Å². The Morgan fingerprint density at radius 2 is 1.88 bits per heavy atom. The minimum Gasteiger partial charge on any atom is -0.490 e. The molecule has 0 amide bonds. The van der Waals surface area contributed by atoms with Gasteiger partial charge in [0.1, 0.15) is 0 Å². The molecule has 0 atom stereocenters. The lowest BCUT2D eigenvalue weighted by atomic mass is 10.2. The summed E-state index contributed by atoms with van der Waals surface area (Å²) in [6, 6.07) is 5.83. The number of ether oxygens (including phenoxy) is 2. The Labute approximate surface area is 97.1 Å². The maximum atomic E-state index is 5.52. The molecule has 0 unspecified atom stereocenters. The molecule has 0 aliphatic heterocycles. The van der Waals surface area contributed by atoms with Crippen LogP contribution < -0.4 is 14.8 Å². The fourth-order valence-electron chi connectivity index (χ4n) is 1.35.